The molecule has 2 atom stereocenters. The second kappa shape index (κ2) is 5.42. The minimum Gasteiger partial charge on any atom is -0.458 e. The maximum atomic E-state index is 12.2. The summed E-state index contributed by atoms with van der Waals surface area (Å²) in [7, 11) is 0. The van der Waals surface area contributed by atoms with Gasteiger partial charge in [0, 0.05) is 7.77 Å². The molecule has 0 aromatic rings. The maximum Gasteiger partial charge on any atom is 0.411 e. The van der Waals surface area contributed by atoms with Crippen molar-refractivity contribution < 1.29 is 25.2 Å². The lowest BCUT2D eigenvalue weighted by atomic mass is 10.1. The smallest absolute Gasteiger partial charge is 0.411 e. The van der Waals surface area contributed by atoms with Gasteiger partial charge in [-0.2, -0.15) is 0 Å². The molecule has 1 heterocycles. The Balaban J connectivity index is 2.94. The number of esters is 1. The SMILES string of the molecule is [2H][C@@H]1C(=O)CN(C(=O)OC(C)(C)C)[C@@H]1C(=O)OC(C)(C)C. The predicted molar refractivity (Wildman–Crippen MR) is 72.2 cm³/mol. The Bertz CT molecular complexity index is 449. The molecule has 0 aromatic heterocycles. The molecular formula is C14H23NO5. The van der Waals surface area contributed by atoms with Gasteiger partial charge in [0.05, 0.1) is 6.54 Å². The van der Waals surface area contributed by atoms with Gasteiger partial charge < -0.3 is 9.47 Å². The molecule has 114 valence electrons. The fraction of sp³-hybridized carbons (Fsp3) is 0.786. The van der Waals surface area contributed by atoms with E-state index < -0.39 is 41.5 Å². The van der Waals surface area contributed by atoms with Crippen molar-refractivity contribution in [1.29, 1.82) is 0 Å². The third-order valence-corrected chi connectivity index (χ3v) is 2.28. The van der Waals surface area contributed by atoms with E-state index in [0.29, 0.717) is 0 Å². The summed E-state index contributed by atoms with van der Waals surface area (Å²) in [6.45, 7) is 9.78. The van der Waals surface area contributed by atoms with Crippen molar-refractivity contribution in [3.63, 3.8) is 0 Å². The van der Waals surface area contributed by atoms with Crippen molar-refractivity contribution in [3.05, 3.63) is 0 Å². The molecule has 0 unspecified atom stereocenters. The zero-order valence-corrected chi connectivity index (χ0v) is 12.9. The second-order valence-electron chi connectivity index (χ2n) is 6.72. The lowest BCUT2D eigenvalue weighted by molar-refractivity contribution is -0.160. The van der Waals surface area contributed by atoms with Crippen molar-refractivity contribution >= 4 is 17.8 Å². The van der Waals surface area contributed by atoms with E-state index in [9.17, 15) is 14.4 Å². The normalized spacial score (nSPS) is 24.4. The van der Waals surface area contributed by atoms with Crippen molar-refractivity contribution in [2.45, 2.75) is 65.2 Å². The molecule has 1 saturated heterocycles. The van der Waals surface area contributed by atoms with Crippen LogP contribution >= 0.6 is 0 Å². The summed E-state index contributed by atoms with van der Waals surface area (Å²) in [6, 6.07) is -1.26. The Morgan fingerprint density at radius 3 is 2.10 bits per heavy atom. The number of amides is 1. The number of likely N-dealkylation sites (tertiary alicyclic amines) is 1. The van der Waals surface area contributed by atoms with Crippen LogP contribution in [0.3, 0.4) is 0 Å². The van der Waals surface area contributed by atoms with Crippen LogP contribution in [0.2, 0.25) is 0 Å². The molecule has 0 aromatic carbocycles. The Kier molecular flexibility index (Phi) is 4.01. The van der Waals surface area contributed by atoms with Crippen LogP contribution in [-0.4, -0.2) is 46.5 Å². The fourth-order valence-corrected chi connectivity index (χ4v) is 1.64. The number of nitrogens with zero attached hydrogens (tertiary/aromatic N) is 1. The highest BCUT2D eigenvalue weighted by Gasteiger charge is 2.42. The largest absolute Gasteiger partial charge is 0.458 e. The lowest BCUT2D eigenvalue weighted by Crippen LogP contribution is -2.45. The Morgan fingerprint density at radius 2 is 1.65 bits per heavy atom. The molecule has 6 nitrogen and oxygen atoms in total. The van der Waals surface area contributed by atoms with E-state index in [1.54, 1.807) is 41.5 Å². The zero-order chi connectivity index (χ0) is 16.6. The molecule has 1 fully saturated rings. The van der Waals surface area contributed by atoms with E-state index in [0.717, 1.165) is 4.90 Å². The van der Waals surface area contributed by atoms with Crippen molar-refractivity contribution in [2.24, 2.45) is 0 Å². The molecule has 1 rings (SSSR count). The first-order chi connectivity index (χ1) is 9.32. The van der Waals surface area contributed by atoms with Crippen molar-refractivity contribution in [2.75, 3.05) is 6.54 Å². The van der Waals surface area contributed by atoms with E-state index in [1.165, 1.54) is 0 Å². The first kappa shape index (κ1) is 14.8. The number of ether oxygens (including phenoxy) is 2. The number of ketones is 1. The van der Waals surface area contributed by atoms with Gasteiger partial charge in [-0.25, -0.2) is 9.59 Å². The van der Waals surface area contributed by atoms with Crippen LogP contribution in [0.25, 0.3) is 0 Å². The van der Waals surface area contributed by atoms with Crippen LogP contribution in [0.4, 0.5) is 4.79 Å². The van der Waals surface area contributed by atoms with Crippen molar-refractivity contribution in [3.8, 4) is 0 Å². The van der Waals surface area contributed by atoms with Crippen LogP contribution in [0.1, 0.15) is 49.3 Å². The van der Waals surface area contributed by atoms with Crippen LogP contribution in [0, 0.1) is 0 Å². The number of carbonyl (C=O) groups excluding carboxylic acids is 3. The quantitative estimate of drug-likeness (QED) is 0.688. The highest BCUT2D eigenvalue weighted by atomic mass is 16.6. The number of hydrogen-bond acceptors (Lipinski definition) is 5. The molecule has 0 saturated carbocycles. The van der Waals surface area contributed by atoms with Gasteiger partial charge in [0.25, 0.3) is 0 Å². The Hall–Kier alpha value is -1.59. The third kappa shape index (κ3) is 4.83. The van der Waals surface area contributed by atoms with Crippen LogP contribution in [0.15, 0.2) is 0 Å². The molecule has 1 amide bonds. The van der Waals surface area contributed by atoms with Crippen LogP contribution in [-0.2, 0) is 19.1 Å². The average Bonchev–Trinajstić information content (AvgIpc) is 2.50. The van der Waals surface area contributed by atoms with E-state index in [-0.39, 0.29) is 6.54 Å². The summed E-state index contributed by atoms with van der Waals surface area (Å²) >= 11 is 0. The standard InChI is InChI=1S/C14H23NO5/c1-13(2,3)19-11(17)10-7-9(16)8-15(10)12(18)20-14(4,5)6/h10H,7-8H2,1-6H3/t10-/m0/s1/i7D/t7-,10+/m1. The van der Waals surface area contributed by atoms with E-state index in [1.807, 2.05) is 0 Å². The molecule has 0 bridgehead atoms. The Morgan fingerprint density at radius 1 is 1.15 bits per heavy atom. The molecule has 1 aliphatic rings. The van der Waals surface area contributed by atoms with Gasteiger partial charge in [-0.15, -0.1) is 0 Å². The summed E-state index contributed by atoms with van der Waals surface area (Å²) in [5.41, 5.74) is -1.51. The monoisotopic (exact) mass is 286 g/mol. The number of carbonyl (C=O) groups is 3. The zero-order valence-electron chi connectivity index (χ0n) is 13.9. The van der Waals surface area contributed by atoms with Crippen LogP contribution < -0.4 is 0 Å². The lowest BCUT2D eigenvalue weighted by Gasteiger charge is -2.29. The first-order valence-electron chi connectivity index (χ1n) is 7.07. The second-order valence-corrected chi connectivity index (χ2v) is 6.72. The molecular weight excluding hydrogens is 262 g/mol. The molecule has 0 aliphatic carbocycles. The third-order valence-electron chi connectivity index (χ3n) is 2.28. The summed E-state index contributed by atoms with van der Waals surface area (Å²) in [5, 5.41) is 0. The summed E-state index contributed by atoms with van der Waals surface area (Å²) in [5.74, 6) is -1.27. The topological polar surface area (TPSA) is 72.9 Å². The molecule has 1 aliphatic heterocycles. The highest BCUT2D eigenvalue weighted by molar-refractivity contribution is 5.95. The first-order valence-corrected chi connectivity index (χ1v) is 6.49. The number of rotatable bonds is 1. The van der Waals surface area contributed by atoms with E-state index in [4.69, 9.17) is 10.8 Å². The summed E-state index contributed by atoms with van der Waals surface area (Å²) in [4.78, 5) is 36.9. The minimum atomic E-state index is -1.34. The maximum absolute atomic E-state index is 12.2. The molecule has 0 radical (unpaired) electrons. The predicted octanol–water partition coefficient (Wildman–Crippen LogP) is 1.91. The number of hydrogen-bond donors (Lipinski definition) is 0. The van der Waals surface area contributed by atoms with Gasteiger partial charge in [-0.1, -0.05) is 0 Å². The van der Waals surface area contributed by atoms with Crippen molar-refractivity contribution in [1.82, 2.24) is 4.90 Å². The number of Topliss-reactive ketones (excluding diaryl/α,β-unsaturated/α-hetero) is 1. The van der Waals surface area contributed by atoms with Gasteiger partial charge in [-0.05, 0) is 41.5 Å². The van der Waals surface area contributed by atoms with E-state index in [2.05, 4.69) is 0 Å². The molecule has 20 heavy (non-hydrogen) atoms. The van der Waals surface area contributed by atoms with Gasteiger partial charge in [0.2, 0.25) is 0 Å². The summed E-state index contributed by atoms with van der Waals surface area (Å²) < 4.78 is 18.2. The summed E-state index contributed by atoms with van der Waals surface area (Å²) in [6.07, 6.45) is -2.13. The molecule has 0 N–H and O–H groups in total. The van der Waals surface area contributed by atoms with E-state index >= 15 is 0 Å². The average molecular weight is 286 g/mol. The van der Waals surface area contributed by atoms with Gasteiger partial charge in [0.15, 0.2) is 5.78 Å². The molecule has 6 heteroatoms. The minimum absolute atomic E-state index is 0.313. The van der Waals surface area contributed by atoms with Gasteiger partial charge >= 0.3 is 12.1 Å². The van der Waals surface area contributed by atoms with Crippen LogP contribution in [0.5, 0.6) is 0 Å². The highest BCUT2D eigenvalue weighted by Crippen LogP contribution is 2.21. The van der Waals surface area contributed by atoms with Gasteiger partial charge in [-0.3, -0.25) is 9.69 Å². The fourth-order valence-electron chi connectivity index (χ4n) is 1.64. The molecule has 0 spiro atoms. The Labute approximate surface area is 120 Å². The van der Waals surface area contributed by atoms with Gasteiger partial charge in [0.1, 0.15) is 17.2 Å².